The normalized spacial score (nSPS) is 10.9. The van der Waals surface area contributed by atoms with Crippen molar-refractivity contribution >= 4 is 10.8 Å². The van der Waals surface area contributed by atoms with E-state index in [1.165, 1.54) is 0 Å². The Bertz CT molecular complexity index is 901. The average Bonchev–Trinajstić information content (AvgIpc) is 2.50. The van der Waals surface area contributed by atoms with Gasteiger partial charge in [0.1, 0.15) is 0 Å². The number of hydrogen-bond donors (Lipinski definition) is 1. The van der Waals surface area contributed by atoms with Crippen molar-refractivity contribution in [3.8, 4) is 0 Å². The Morgan fingerprint density at radius 2 is 1.76 bits per heavy atom. The molecule has 0 radical (unpaired) electrons. The van der Waals surface area contributed by atoms with Crippen LogP contribution in [0.1, 0.15) is 18.1 Å². The zero-order valence-electron chi connectivity index (χ0n) is 11.8. The molecule has 1 heterocycles. The molecule has 3 aromatic rings. The van der Waals surface area contributed by atoms with E-state index in [0.29, 0.717) is 18.5 Å². The van der Waals surface area contributed by atoms with Crippen molar-refractivity contribution in [1.82, 2.24) is 9.55 Å². The molecule has 0 saturated carbocycles. The van der Waals surface area contributed by atoms with E-state index < -0.39 is 0 Å². The van der Waals surface area contributed by atoms with Gasteiger partial charge in [-0.1, -0.05) is 49.4 Å². The molecule has 1 N–H and O–H groups in total. The summed E-state index contributed by atoms with van der Waals surface area (Å²) in [5, 5.41) is 2.26. The molecule has 0 aliphatic rings. The minimum atomic E-state index is -0.370. The number of aromatic amines is 1. The first-order valence-electron chi connectivity index (χ1n) is 6.98. The Labute approximate surface area is 121 Å². The summed E-state index contributed by atoms with van der Waals surface area (Å²) in [5.74, 6) is 0. The molecule has 0 bridgehead atoms. The zero-order chi connectivity index (χ0) is 14.8. The molecule has 0 aliphatic carbocycles. The quantitative estimate of drug-likeness (QED) is 0.800. The lowest BCUT2D eigenvalue weighted by atomic mass is 10.0. The van der Waals surface area contributed by atoms with Gasteiger partial charge >= 0.3 is 5.69 Å². The molecule has 106 valence electrons. The molecule has 0 spiro atoms. The number of aromatic nitrogens is 2. The molecule has 4 heteroatoms. The van der Waals surface area contributed by atoms with Crippen LogP contribution < -0.4 is 11.2 Å². The Hall–Kier alpha value is -2.62. The van der Waals surface area contributed by atoms with Gasteiger partial charge in [0, 0.05) is 11.8 Å². The zero-order valence-corrected chi connectivity index (χ0v) is 11.8. The predicted molar refractivity (Wildman–Crippen MR) is 83.8 cm³/mol. The summed E-state index contributed by atoms with van der Waals surface area (Å²) in [6.07, 6.45) is 2.26. The highest BCUT2D eigenvalue weighted by Gasteiger charge is 2.06. The average molecular weight is 280 g/mol. The summed E-state index contributed by atoms with van der Waals surface area (Å²) in [4.78, 5) is 26.0. The first-order chi connectivity index (χ1) is 10.2. The van der Waals surface area contributed by atoms with Crippen molar-refractivity contribution in [1.29, 1.82) is 0 Å². The fourth-order valence-electron chi connectivity index (χ4n) is 2.54. The van der Waals surface area contributed by atoms with Crippen LogP contribution in [0.3, 0.4) is 0 Å². The molecule has 0 fully saturated rings. The van der Waals surface area contributed by atoms with E-state index in [2.05, 4.69) is 4.98 Å². The lowest BCUT2D eigenvalue weighted by Crippen LogP contribution is -2.31. The Balaban J connectivity index is 2.11. The largest absolute Gasteiger partial charge is 0.328 e. The maximum atomic E-state index is 12.0. The number of rotatable bonds is 3. The van der Waals surface area contributed by atoms with E-state index in [9.17, 15) is 9.59 Å². The smallest absolute Gasteiger partial charge is 0.296 e. The maximum absolute atomic E-state index is 12.0. The van der Waals surface area contributed by atoms with Gasteiger partial charge in [-0.2, -0.15) is 0 Å². The van der Waals surface area contributed by atoms with E-state index in [4.69, 9.17) is 0 Å². The van der Waals surface area contributed by atoms with Crippen molar-refractivity contribution in [3.05, 3.63) is 80.6 Å². The highest BCUT2D eigenvalue weighted by molar-refractivity contribution is 5.85. The lowest BCUT2D eigenvalue weighted by molar-refractivity contribution is 0.711. The number of fused-ring (bicyclic) bond motifs is 1. The molecule has 4 nitrogen and oxygen atoms in total. The maximum Gasteiger partial charge on any atom is 0.328 e. The number of aryl methyl sites for hydroxylation is 1. The number of benzene rings is 2. The lowest BCUT2D eigenvalue weighted by Gasteiger charge is -2.09. The van der Waals surface area contributed by atoms with Gasteiger partial charge in [0.25, 0.3) is 5.56 Å². The number of H-pyrrole nitrogens is 1. The molecular formula is C17H16N2O2. The molecule has 0 atom stereocenters. The van der Waals surface area contributed by atoms with E-state index in [0.717, 1.165) is 16.3 Å². The van der Waals surface area contributed by atoms with Gasteiger partial charge in [-0.3, -0.25) is 14.3 Å². The minimum absolute atomic E-state index is 0.295. The second kappa shape index (κ2) is 5.40. The number of nitrogens with one attached hydrogen (secondary N) is 1. The van der Waals surface area contributed by atoms with Gasteiger partial charge in [-0.15, -0.1) is 0 Å². The van der Waals surface area contributed by atoms with E-state index >= 15 is 0 Å². The van der Waals surface area contributed by atoms with Crippen molar-refractivity contribution in [2.24, 2.45) is 0 Å². The second-order valence-electron chi connectivity index (χ2n) is 5.03. The van der Waals surface area contributed by atoms with Gasteiger partial charge in [0.2, 0.25) is 0 Å². The third kappa shape index (κ3) is 2.52. The summed E-state index contributed by atoms with van der Waals surface area (Å²) in [6, 6.07) is 14.1. The second-order valence-corrected chi connectivity index (χ2v) is 5.03. The monoisotopic (exact) mass is 280 g/mol. The molecule has 21 heavy (non-hydrogen) atoms. The summed E-state index contributed by atoms with van der Waals surface area (Å²) in [5.41, 5.74) is 1.01. The van der Waals surface area contributed by atoms with Crippen molar-refractivity contribution < 1.29 is 0 Å². The van der Waals surface area contributed by atoms with E-state index in [-0.39, 0.29) is 11.2 Å². The third-order valence-electron chi connectivity index (χ3n) is 3.69. The first-order valence-corrected chi connectivity index (χ1v) is 6.98. The fourth-order valence-corrected chi connectivity index (χ4v) is 2.54. The Morgan fingerprint density at radius 3 is 2.57 bits per heavy atom. The molecule has 3 rings (SSSR count). The highest BCUT2D eigenvalue weighted by atomic mass is 16.2. The van der Waals surface area contributed by atoms with E-state index in [1.54, 1.807) is 10.8 Å². The highest BCUT2D eigenvalue weighted by Crippen LogP contribution is 2.18. The van der Waals surface area contributed by atoms with Gasteiger partial charge in [0.05, 0.1) is 6.54 Å². The summed E-state index contributed by atoms with van der Waals surface area (Å²) in [6.45, 7) is 2.35. The van der Waals surface area contributed by atoms with Gasteiger partial charge in [-0.05, 0) is 22.8 Å². The topological polar surface area (TPSA) is 54.9 Å². The van der Waals surface area contributed by atoms with Crippen LogP contribution in [0.4, 0.5) is 0 Å². The Kier molecular flexibility index (Phi) is 3.44. The summed E-state index contributed by atoms with van der Waals surface area (Å²) < 4.78 is 1.56. The SMILES string of the molecule is CCc1cn(Cc2cccc3ccccc23)c(=O)[nH]c1=O. The molecule has 0 saturated heterocycles. The number of nitrogens with zero attached hydrogens (tertiary/aromatic N) is 1. The Morgan fingerprint density at radius 1 is 1.00 bits per heavy atom. The summed E-state index contributed by atoms with van der Waals surface area (Å²) in [7, 11) is 0. The van der Waals surface area contributed by atoms with Gasteiger partial charge < -0.3 is 0 Å². The van der Waals surface area contributed by atoms with Crippen LogP contribution in [0, 0.1) is 0 Å². The predicted octanol–water partition coefficient (Wildman–Crippen LogP) is 2.30. The van der Waals surface area contributed by atoms with Gasteiger partial charge in [-0.25, -0.2) is 4.79 Å². The minimum Gasteiger partial charge on any atom is -0.296 e. The van der Waals surface area contributed by atoms with Crippen LogP contribution in [-0.4, -0.2) is 9.55 Å². The van der Waals surface area contributed by atoms with E-state index in [1.807, 2.05) is 49.4 Å². The molecule has 0 amide bonds. The van der Waals surface area contributed by atoms with Crippen LogP contribution in [0.5, 0.6) is 0 Å². The van der Waals surface area contributed by atoms with Crippen molar-refractivity contribution in [2.75, 3.05) is 0 Å². The molecule has 2 aromatic carbocycles. The van der Waals surface area contributed by atoms with Crippen molar-refractivity contribution in [3.63, 3.8) is 0 Å². The molecule has 0 unspecified atom stereocenters. The van der Waals surface area contributed by atoms with Crippen LogP contribution in [-0.2, 0) is 13.0 Å². The third-order valence-corrected chi connectivity index (χ3v) is 3.69. The van der Waals surface area contributed by atoms with Crippen LogP contribution in [0.2, 0.25) is 0 Å². The van der Waals surface area contributed by atoms with Gasteiger partial charge in [0.15, 0.2) is 0 Å². The van der Waals surface area contributed by atoms with Crippen LogP contribution >= 0.6 is 0 Å². The van der Waals surface area contributed by atoms with Crippen molar-refractivity contribution in [2.45, 2.75) is 19.9 Å². The standard InChI is InChI=1S/C17H16N2O2/c1-2-12-10-19(17(21)18-16(12)20)11-14-8-5-7-13-6-3-4-9-15(13)14/h3-10H,2,11H2,1H3,(H,18,20,21). The fraction of sp³-hybridized carbons (Fsp3) is 0.176. The van der Waals surface area contributed by atoms with Crippen LogP contribution in [0.15, 0.2) is 58.3 Å². The van der Waals surface area contributed by atoms with Crippen LogP contribution in [0.25, 0.3) is 10.8 Å². The first kappa shape index (κ1) is 13.4. The number of hydrogen-bond acceptors (Lipinski definition) is 2. The molecular weight excluding hydrogens is 264 g/mol. The molecule has 1 aromatic heterocycles. The summed E-state index contributed by atoms with van der Waals surface area (Å²) >= 11 is 0. The molecule has 0 aliphatic heterocycles.